The van der Waals surface area contributed by atoms with Crippen LogP contribution in [0.25, 0.3) is 16.7 Å². The van der Waals surface area contributed by atoms with Gasteiger partial charge in [-0.1, -0.05) is 23.2 Å². The molecule has 1 saturated heterocycles. The molecule has 3 heterocycles. The van der Waals surface area contributed by atoms with Gasteiger partial charge in [0.1, 0.15) is 5.69 Å². The molecule has 1 aliphatic rings. The maximum absolute atomic E-state index is 12.5. The molecule has 0 amide bonds. The van der Waals surface area contributed by atoms with Crippen LogP contribution in [0.5, 0.6) is 0 Å². The number of rotatable bonds is 2. The normalized spacial score (nSPS) is 15.8. The Morgan fingerprint density at radius 3 is 2.48 bits per heavy atom. The molecule has 1 aromatic carbocycles. The predicted octanol–water partition coefficient (Wildman–Crippen LogP) is 3.43. The monoisotopic (exact) mass is 378 g/mol. The van der Waals surface area contributed by atoms with Gasteiger partial charge in [-0.15, -0.1) is 0 Å². The minimum Gasteiger partial charge on any atom is -0.399 e. The maximum Gasteiger partial charge on any atom is 0.251 e. The summed E-state index contributed by atoms with van der Waals surface area (Å²) in [5, 5.41) is 5.23. The highest BCUT2D eigenvalue weighted by atomic mass is 35.5. The average Bonchev–Trinajstić information content (AvgIpc) is 2.98. The van der Waals surface area contributed by atoms with Gasteiger partial charge >= 0.3 is 0 Å². The van der Waals surface area contributed by atoms with E-state index in [1.54, 1.807) is 39.7 Å². The van der Waals surface area contributed by atoms with Crippen molar-refractivity contribution >= 4 is 39.9 Å². The van der Waals surface area contributed by atoms with E-state index in [-0.39, 0.29) is 11.6 Å². The van der Waals surface area contributed by atoms with E-state index in [0.717, 1.165) is 23.9 Å². The summed E-state index contributed by atoms with van der Waals surface area (Å²) in [6.07, 6.45) is 3.27. The molecule has 2 N–H and O–H groups in total. The molecular weight excluding hydrogens is 363 g/mol. The second-order valence-electron chi connectivity index (χ2n) is 6.05. The van der Waals surface area contributed by atoms with Gasteiger partial charge in [-0.25, -0.2) is 4.68 Å². The molecule has 0 aliphatic carbocycles. The number of anilines is 1. The van der Waals surface area contributed by atoms with E-state index < -0.39 is 0 Å². The number of nitrogen functional groups attached to an aromatic ring is 1. The smallest absolute Gasteiger partial charge is 0.251 e. The summed E-state index contributed by atoms with van der Waals surface area (Å²) in [6.45, 7) is 1.30. The van der Waals surface area contributed by atoms with E-state index in [1.165, 1.54) is 0 Å². The zero-order valence-electron chi connectivity index (χ0n) is 13.3. The molecule has 2 aromatic heterocycles. The van der Waals surface area contributed by atoms with Gasteiger partial charge in [-0.05, 0) is 31.0 Å². The third kappa shape index (κ3) is 2.80. The minimum absolute atomic E-state index is 0.0477. The van der Waals surface area contributed by atoms with E-state index in [4.69, 9.17) is 33.7 Å². The molecule has 8 heteroatoms. The Labute approximate surface area is 153 Å². The summed E-state index contributed by atoms with van der Waals surface area (Å²) >= 11 is 12.7. The zero-order valence-corrected chi connectivity index (χ0v) is 14.8. The number of nitrogens with zero attached hydrogens (tertiary/aromatic N) is 3. The highest BCUT2D eigenvalue weighted by molar-refractivity contribution is 6.38. The molecule has 25 heavy (non-hydrogen) atoms. The third-order valence-electron chi connectivity index (χ3n) is 4.47. The fourth-order valence-corrected chi connectivity index (χ4v) is 3.99. The first-order valence-electron chi connectivity index (χ1n) is 7.98. The van der Waals surface area contributed by atoms with Crippen LogP contribution in [0.3, 0.4) is 0 Å². The van der Waals surface area contributed by atoms with Gasteiger partial charge in [0.05, 0.1) is 27.3 Å². The third-order valence-corrected chi connectivity index (χ3v) is 5.05. The number of aromatic nitrogens is 3. The second-order valence-corrected chi connectivity index (χ2v) is 6.86. The van der Waals surface area contributed by atoms with Crippen molar-refractivity contribution in [2.45, 2.75) is 18.9 Å². The van der Waals surface area contributed by atoms with Gasteiger partial charge in [0.2, 0.25) is 0 Å². The van der Waals surface area contributed by atoms with E-state index in [0.29, 0.717) is 34.6 Å². The number of halogens is 2. The second kappa shape index (κ2) is 6.37. The Bertz CT molecular complexity index is 983. The average molecular weight is 379 g/mol. The molecule has 0 saturated carbocycles. The quantitative estimate of drug-likeness (QED) is 0.693. The first kappa shape index (κ1) is 16.4. The van der Waals surface area contributed by atoms with Crippen molar-refractivity contribution in [3.63, 3.8) is 0 Å². The van der Waals surface area contributed by atoms with Crippen molar-refractivity contribution in [3.05, 3.63) is 50.9 Å². The maximum atomic E-state index is 12.5. The Morgan fingerprint density at radius 2 is 1.80 bits per heavy atom. The fourth-order valence-electron chi connectivity index (χ4n) is 3.33. The molecule has 0 atom stereocenters. The molecule has 1 fully saturated rings. The molecule has 130 valence electrons. The molecule has 0 bridgehead atoms. The molecule has 0 spiro atoms. The summed E-state index contributed by atoms with van der Waals surface area (Å²) in [6, 6.07) is 6.65. The van der Waals surface area contributed by atoms with Crippen molar-refractivity contribution in [2.75, 3.05) is 18.9 Å². The lowest BCUT2D eigenvalue weighted by atomic mass is 10.1. The van der Waals surface area contributed by atoms with E-state index in [2.05, 4.69) is 5.10 Å². The molecule has 3 aromatic rings. The van der Waals surface area contributed by atoms with Crippen LogP contribution in [0.4, 0.5) is 5.69 Å². The highest BCUT2D eigenvalue weighted by Crippen LogP contribution is 2.33. The van der Waals surface area contributed by atoms with Gasteiger partial charge in [0.15, 0.2) is 0 Å². The highest BCUT2D eigenvalue weighted by Gasteiger charge is 2.21. The number of hydrogen-bond donors (Lipinski definition) is 1. The first-order chi connectivity index (χ1) is 12.1. The van der Waals surface area contributed by atoms with Crippen molar-refractivity contribution in [1.29, 1.82) is 0 Å². The van der Waals surface area contributed by atoms with Gasteiger partial charge in [0.25, 0.3) is 5.56 Å². The predicted molar refractivity (Wildman–Crippen MR) is 98.9 cm³/mol. The summed E-state index contributed by atoms with van der Waals surface area (Å²) in [7, 11) is 0. The van der Waals surface area contributed by atoms with Crippen molar-refractivity contribution < 1.29 is 4.74 Å². The molecule has 4 rings (SSSR count). The van der Waals surface area contributed by atoms with Crippen LogP contribution in [-0.2, 0) is 4.74 Å². The lowest BCUT2D eigenvalue weighted by Gasteiger charge is -2.24. The number of hydrogen-bond acceptors (Lipinski definition) is 4. The van der Waals surface area contributed by atoms with Crippen molar-refractivity contribution in [2.24, 2.45) is 0 Å². The number of ether oxygens (including phenoxy) is 1. The molecule has 1 aliphatic heterocycles. The standard InChI is InChI=1S/C17H16Cl2N4O2/c18-12-7-10(20)8-13(19)17(12)23-14-1-2-16(24)22(15(14)9-21-23)11-3-5-25-6-4-11/h1-2,7-9,11H,3-6,20H2. The van der Waals surface area contributed by atoms with Gasteiger partial charge in [0, 0.05) is 31.0 Å². The summed E-state index contributed by atoms with van der Waals surface area (Å²) in [5.41, 5.74) is 8.28. The zero-order chi connectivity index (χ0) is 17.6. The Morgan fingerprint density at radius 1 is 1.12 bits per heavy atom. The number of benzene rings is 1. The van der Waals surface area contributed by atoms with Crippen LogP contribution < -0.4 is 11.3 Å². The van der Waals surface area contributed by atoms with E-state index in [1.807, 2.05) is 0 Å². The van der Waals surface area contributed by atoms with Gasteiger partial charge in [-0.2, -0.15) is 5.10 Å². The Kier molecular flexibility index (Phi) is 4.19. The Balaban J connectivity index is 1.93. The minimum atomic E-state index is -0.0477. The van der Waals surface area contributed by atoms with Crippen molar-refractivity contribution in [3.8, 4) is 5.69 Å². The van der Waals surface area contributed by atoms with E-state index in [9.17, 15) is 4.79 Å². The topological polar surface area (TPSA) is 75.1 Å². The molecule has 0 radical (unpaired) electrons. The fraction of sp³-hybridized carbons (Fsp3) is 0.294. The van der Waals surface area contributed by atoms with Crippen molar-refractivity contribution in [1.82, 2.24) is 14.3 Å². The number of fused-ring (bicyclic) bond motifs is 1. The number of nitrogens with two attached hydrogens (primary N) is 1. The molecule has 0 unspecified atom stereocenters. The Hall–Kier alpha value is -2.02. The molecule has 6 nitrogen and oxygen atoms in total. The van der Waals surface area contributed by atoms with Gasteiger partial charge in [-0.3, -0.25) is 4.79 Å². The van der Waals surface area contributed by atoms with Crippen LogP contribution in [0.15, 0.2) is 35.3 Å². The van der Waals surface area contributed by atoms with Crippen LogP contribution in [0.2, 0.25) is 10.0 Å². The summed E-state index contributed by atoms with van der Waals surface area (Å²) in [4.78, 5) is 12.5. The van der Waals surface area contributed by atoms with Gasteiger partial charge < -0.3 is 15.0 Å². The lowest BCUT2D eigenvalue weighted by molar-refractivity contribution is 0.0698. The number of pyridine rings is 1. The summed E-state index contributed by atoms with van der Waals surface area (Å²) in [5.74, 6) is 0. The van der Waals surface area contributed by atoms with Crippen LogP contribution >= 0.6 is 23.2 Å². The van der Waals surface area contributed by atoms with Crippen LogP contribution in [-0.4, -0.2) is 27.6 Å². The first-order valence-corrected chi connectivity index (χ1v) is 8.74. The molecular formula is C17H16Cl2N4O2. The van der Waals surface area contributed by atoms with Crippen LogP contribution in [0.1, 0.15) is 18.9 Å². The summed E-state index contributed by atoms with van der Waals surface area (Å²) < 4.78 is 8.85. The van der Waals surface area contributed by atoms with Crippen LogP contribution in [0, 0.1) is 0 Å². The lowest BCUT2D eigenvalue weighted by Crippen LogP contribution is -2.28. The largest absolute Gasteiger partial charge is 0.399 e. The SMILES string of the molecule is Nc1cc(Cl)c(-n2ncc3c2ccc(=O)n3C2CCOCC2)c(Cl)c1. The van der Waals surface area contributed by atoms with E-state index >= 15 is 0 Å².